The molecule has 1 unspecified atom stereocenters. The van der Waals surface area contributed by atoms with E-state index >= 15 is 0 Å². The fourth-order valence-corrected chi connectivity index (χ4v) is 1.17. The Bertz CT molecular complexity index is 180. The zero-order valence-electron chi connectivity index (χ0n) is 9.39. The SMILES string of the molecule is CCCCC(=O)/C(C)=C/C(C)CC. The molecule has 0 saturated heterocycles. The van der Waals surface area contributed by atoms with E-state index in [4.69, 9.17) is 0 Å². The van der Waals surface area contributed by atoms with Gasteiger partial charge in [0, 0.05) is 6.42 Å². The maximum atomic E-state index is 11.5. The van der Waals surface area contributed by atoms with Gasteiger partial charge in [0.05, 0.1) is 0 Å². The van der Waals surface area contributed by atoms with Gasteiger partial charge in [-0.2, -0.15) is 0 Å². The Hall–Kier alpha value is -0.590. The molecule has 13 heavy (non-hydrogen) atoms. The summed E-state index contributed by atoms with van der Waals surface area (Å²) in [6, 6.07) is 0. The molecule has 0 saturated carbocycles. The predicted octanol–water partition coefficient (Wildman–Crippen LogP) is 3.74. The van der Waals surface area contributed by atoms with E-state index in [0.717, 1.165) is 31.3 Å². The predicted molar refractivity (Wildman–Crippen MR) is 57.7 cm³/mol. The van der Waals surface area contributed by atoms with E-state index in [-0.39, 0.29) is 0 Å². The zero-order valence-corrected chi connectivity index (χ0v) is 9.39. The van der Waals surface area contributed by atoms with Crippen molar-refractivity contribution in [2.75, 3.05) is 0 Å². The van der Waals surface area contributed by atoms with Crippen molar-refractivity contribution < 1.29 is 4.79 Å². The van der Waals surface area contributed by atoms with Crippen LogP contribution in [0.2, 0.25) is 0 Å². The van der Waals surface area contributed by atoms with E-state index in [1.165, 1.54) is 0 Å². The van der Waals surface area contributed by atoms with Crippen molar-refractivity contribution in [1.29, 1.82) is 0 Å². The van der Waals surface area contributed by atoms with Crippen LogP contribution in [0.5, 0.6) is 0 Å². The molecule has 0 aromatic heterocycles. The van der Waals surface area contributed by atoms with Gasteiger partial charge in [-0.3, -0.25) is 4.79 Å². The van der Waals surface area contributed by atoms with Crippen LogP contribution in [0, 0.1) is 5.92 Å². The topological polar surface area (TPSA) is 17.1 Å². The molecule has 0 N–H and O–H groups in total. The Labute approximate surface area is 82.2 Å². The molecule has 0 aromatic rings. The number of rotatable bonds is 6. The number of Topliss-reactive ketones (excluding diaryl/α,β-unsaturated/α-hetero) is 1. The van der Waals surface area contributed by atoms with Crippen molar-refractivity contribution in [3.63, 3.8) is 0 Å². The summed E-state index contributed by atoms with van der Waals surface area (Å²) in [5.74, 6) is 0.854. The van der Waals surface area contributed by atoms with Gasteiger partial charge >= 0.3 is 0 Å². The highest BCUT2D eigenvalue weighted by molar-refractivity contribution is 5.94. The van der Waals surface area contributed by atoms with Gasteiger partial charge in [0.2, 0.25) is 0 Å². The lowest BCUT2D eigenvalue weighted by Crippen LogP contribution is -2.01. The maximum Gasteiger partial charge on any atom is 0.158 e. The minimum absolute atomic E-state index is 0.321. The first-order chi connectivity index (χ1) is 6.11. The minimum atomic E-state index is 0.321. The zero-order chi connectivity index (χ0) is 10.3. The quantitative estimate of drug-likeness (QED) is 0.572. The van der Waals surface area contributed by atoms with Crippen molar-refractivity contribution in [3.8, 4) is 0 Å². The van der Waals surface area contributed by atoms with Gasteiger partial charge in [-0.1, -0.05) is 39.7 Å². The Morgan fingerprint density at radius 1 is 1.38 bits per heavy atom. The molecule has 0 bridgehead atoms. The Morgan fingerprint density at radius 3 is 2.46 bits per heavy atom. The smallest absolute Gasteiger partial charge is 0.158 e. The third kappa shape index (κ3) is 5.62. The highest BCUT2D eigenvalue weighted by Gasteiger charge is 2.04. The van der Waals surface area contributed by atoms with Crippen molar-refractivity contribution >= 4 is 5.78 Å². The lowest BCUT2D eigenvalue weighted by Gasteiger charge is -2.04. The van der Waals surface area contributed by atoms with Crippen LogP contribution < -0.4 is 0 Å². The third-order valence-electron chi connectivity index (χ3n) is 2.38. The molecule has 1 atom stereocenters. The summed E-state index contributed by atoms with van der Waals surface area (Å²) >= 11 is 0. The Kier molecular flexibility index (Phi) is 6.56. The van der Waals surface area contributed by atoms with Crippen molar-refractivity contribution in [3.05, 3.63) is 11.6 Å². The van der Waals surface area contributed by atoms with E-state index in [2.05, 4.69) is 26.8 Å². The Morgan fingerprint density at radius 2 is 2.00 bits per heavy atom. The molecule has 0 radical (unpaired) electrons. The second-order valence-electron chi connectivity index (χ2n) is 3.76. The molecular formula is C12H22O. The fraction of sp³-hybridized carbons (Fsp3) is 0.750. The standard InChI is InChI=1S/C12H22O/c1-5-7-8-12(13)11(4)9-10(3)6-2/h9-10H,5-8H2,1-4H3/b11-9+. The molecule has 0 aliphatic carbocycles. The molecule has 0 aromatic carbocycles. The summed E-state index contributed by atoms with van der Waals surface area (Å²) in [5.41, 5.74) is 0.947. The first-order valence-corrected chi connectivity index (χ1v) is 5.33. The summed E-state index contributed by atoms with van der Waals surface area (Å²) in [4.78, 5) is 11.5. The summed E-state index contributed by atoms with van der Waals surface area (Å²) in [6.07, 6.45) is 6.04. The number of ketones is 1. The van der Waals surface area contributed by atoms with Crippen LogP contribution in [0.15, 0.2) is 11.6 Å². The molecule has 0 aliphatic rings. The van der Waals surface area contributed by atoms with E-state index in [9.17, 15) is 4.79 Å². The summed E-state index contributed by atoms with van der Waals surface area (Å²) in [6.45, 7) is 8.34. The molecular weight excluding hydrogens is 160 g/mol. The van der Waals surface area contributed by atoms with Gasteiger partial charge in [-0.15, -0.1) is 0 Å². The molecule has 76 valence electrons. The van der Waals surface area contributed by atoms with Crippen LogP contribution in [-0.4, -0.2) is 5.78 Å². The van der Waals surface area contributed by atoms with Crippen LogP contribution in [0.4, 0.5) is 0 Å². The second-order valence-corrected chi connectivity index (χ2v) is 3.76. The number of hydrogen-bond donors (Lipinski definition) is 0. The van der Waals surface area contributed by atoms with Crippen LogP contribution in [-0.2, 0) is 4.79 Å². The van der Waals surface area contributed by atoms with Gasteiger partial charge in [0.1, 0.15) is 0 Å². The number of hydrogen-bond acceptors (Lipinski definition) is 1. The van der Waals surface area contributed by atoms with Crippen molar-refractivity contribution in [2.24, 2.45) is 5.92 Å². The lowest BCUT2D eigenvalue weighted by molar-refractivity contribution is -0.115. The molecule has 0 amide bonds. The molecule has 1 heteroatoms. The highest BCUT2D eigenvalue weighted by Crippen LogP contribution is 2.10. The minimum Gasteiger partial charge on any atom is -0.295 e. The van der Waals surface area contributed by atoms with Crippen molar-refractivity contribution in [1.82, 2.24) is 0 Å². The normalized spacial score (nSPS) is 14.3. The van der Waals surface area contributed by atoms with Gasteiger partial charge < -0.3 is 0 Å². The van der Waals surface area contributed by atoms with Gasteiger partial charge in [0.15, 0.2) is 5.78 Å². The maximum absolute atomic E-state index is 11.5. The molecule has 0 fully saturated rings. The number of allylic oxidation sites excluding steroid dienone is 2. The van der Waals surface area contributed by atoms with Crippen LogP contribution >= 0.6 is 0 Å². The largest absolute Gasteiger partial charge is 0.295 e. The molecule has 0 aliphatic heterocycles. The number of carbonyl (C=O) groups is 1. The molecule has 0 spiro atoms. The molecule has 0 rings (SSSR count). The van der Waals surface area contributed by atoms with Crippen LogP contribution in [0.3, 0.4) is 0 Å². The molecule has 0 heterocycles. The van der Waals surface area contributed by atoms with E-state index in [1.54, 1.807) is 0 Å². The van der Waals surface area contributed by atoms with Crippen LogP contribution in [0.25, 0.3) is 0 Å². The van der Waals surface area contributed by atoms with Crippen molar-refractivity contribution in [2.45, 2.75) is 53.4 Å². The van der Waals surface area contributed by atoms with Gasteiger partial charge in [-0.05, 0) is 24.8 Å². The number of unbranched alkanes of at least 4 members (excludes halogenated alkanes) is 1. The van der Waals surface area contributed by atoms with E-state index in [1.807, 2.05) is 6.92 Å². The molecule has 1 nitrogen and oxygen atoms in total. The first kappa shape index (κ1) is 12.4. The van der Waals surface area contributed by atoms with Gasteiger partial charge in [0.25, 0.3) is 0 Å². The number of carbonyl (C=O) groups excluding carboxylic acids is 1. The Balaban J connectivity index is 4.00. The van der Waals surface area contributed by atoms with E-state index < -0.39 is 0 Å². The average Bonchev–Trinajstić information content (AvgIpc) is 2.13. The van der Waals surface area contributed by atoms with E-state index in [0.29, 0.717) is 11.7 Å². The summed E-state index contributed by atoms with van der Waals surface area (Å²) in [5, 5.41) is 0. The van der Waals surface area contributed by atoms with Gasteiger partial charge in [-0.25, -0.2) is 0 Å². The summed E-state index contributed by atoms with van der Waals surface area (Å²) in [7, 11) is 0. The lowest BCUT2D eigenvalue weighted by atomic mass is 10.0. The summed E-state index contributed by atoms with van der Waals surface area (Å²) < 4.78 is 0. The monoisotopic (exact) mass is 182 g/mol. The second kappa shape index (κ2) is 6.88. The average molecular weight is 182 g/mol. The third-order valence-corrected chi connectivity index (χ3v) is 2.38. The van der Waals surface area contributed by atoms with Crippen LogP contribution in [0.1, 0.15) is 53.4 Å². The fourth-order valence-electron chi connectivity index (χ4n) is 1.17. The first-order valence-electron chi connectivity index (χ1n) is 5.33. The highest BCUT2D eigenvalue weighted by atomic mass is 16.1.